The van der Waals surface area contributed by atoms with E-state index in [9.17, 15) is 4.79 Å². The number of carbonyl (C=O) groups excluding carboxylic acids is 1. The molecule has 1 aliphatic rings. The second-order valence-corrected chi connectivity index (χ2v) is 6.98. The molecule has 0 unspecified atom stereocenters. The Balaban J connectivity index is 1.74. The number of aromatic nitrogens is 2. The standard InChI is InChI=1S/C19H26N4O/c1-13(2)17-10-18(21-19(24)12-20-11-15-6-7-15)23(22-17)16-8-4-14(3)5-9-16/h4-5,8-10,13,15,20H,6-7,11-12H2,1-3H3,(H,21,24). The number of rotatable bonds is 7. The Kier molecular flexibility index (Phi) is 5.00. The zero-order valence-corrected chi connectivity index (χ0v) is 14.7. The molecule has 1 aromatic heterocycles. The van der Waals surface area contributed by atoms with E-state index in [1.54, 1.807) is 0 Å². The predicted octanol–water partition coefficient (Wildman–Crippen LogP) is 3.24. The highest BCUT2D eigenvalue weighted by Crippen LogP contribution is 2.27. The van der Waals surface area contributed by atoms with Crippen LogP contribution in [-0.4, -0.2) is 28.8 Å². The van der Waals surface area contributed by atoms with Crippen molar-refractivity contribution in [3.05, 3.63) is 41.6 Å². The summed E-state index contributed by atoms with van der Waals surface area (Å²) in [4.78, 5) is 12.2. The molecule has 0 atom stereocenters. The normalized spacial score (nSPS) is 14.2. The number of aryl methyl sites for hydroxylation is 1. The first-order chi connectivity index (χ1) is 11.5. The van der Waals surface area contributed by atoms with Gasteiger partial charge < -0.3 is 10.6 Å². The molecule has 5 nitrogen and oxygen atoms in total. The Morgan fingerprint density at radius 2 is 2.00 bits per heavy atom. The largest absolute Gasteiger partial charge is 0.309 e. The van der Waals surface area contributed by atoms with Gasteiger partial charge in [0.15, 0.2) is 0 Å². The third kappa shape index (κ3) is 4.23. The highest BCUT2D eigenvalue weighted by atomic mass is 16.2. The number of nitrogens with one attached hydrogen (secondary N) is 2. The van der Waals surface area contributed by atoms with Crippen LogP contribution in [0.15, 0.2) is 30.3 Å². The van der Waals surface area contributed by atoms with Crippen LogP contribution in [0.2, 0.25) is 0 Å². The third-order valence-electron chi connectivity index (χ3n) is 4.28. The number of hydrogen-bond donors (Lipinski definition) is 2. The topological polar surface area (TPSA) is 59.0 Å². The van der Waals surface area contributed by atoms with Gasteiger partial charge in [-0.05, 0) is 50.3 Å². The fourth-order valence-electron chi connectivity index (χ4n) is 2.55. The van der Waals surface area contributed by atoms with Crippen LogP contribution in [0.1, 0.15) is 43.9 Å². The zero-order valence-electron chi connectivity index (χ0n) is 14.7. The molecule has 5 heteroatoms. The summed E-state index contributed by atoms with van der Waals surface area (Å²) in [6.07, 6.45) is 2.57. The fraction of sp³-hybridized carbons (Fsp3) is 0.474. The molecule has 1 heterocycles. The average molecular weight is 326 g/mol. The molecular formula is C19H26N4O. The fourth-order valence-corrected chi connectivity index (χ4v) is 2.55. The van der Waals surface area contributed by atoms with Crippen molar-refractivity contribution >= 4 is 11.7 Å². The molecule has 0 bridgehead atoms. The molecule has 1 amide bonds. The number of amides is 1. The molecular weight excluding hydrogens is 300 g/mol. The van der Waals surface area contributed by atoms with Gasteiger partial charge in [-0.25, -0.2) is 4.68 Å². The van der Waals surface area contributed by atoms with Crippen LogP contribution in [0.25, 0.3) is 5.69 Å². The van der Waals surface area contributed by atoms with Gasteiger partial charge >= 0.3 is 0 Å². The number of anilines is 1. The van der Waals surface area contributed by atoms with Crippen molar-refractivity contribution in [3.63, 3.8) is 0 Å². The van der Waals surface area contributed by atoms with Crippen LogP contribution in [0.3, 0.4) is 0 Å². The van der Waals surface area contributed by atoms with Crippen LogP contribution < -0.4 is 10.6 Å². The Hall–Kier alpha value is -2.14. The molecule has 1 aliphatic carbocycles. The monoisotopic (exact) mass is 326 g/mol. The summed E-state index contributed by atoms with van der Waals surface area (Å²) in [6.45, 7) is 7.53. The molecule has 1 aromatic carbocycles. The summed E-state index contributed by atoms with van der Waals surface area (Å²) in [6, 6.07) is 10.1. The molecule has 1 saturated carbocycles. The van der Waals surface area contributed by atoms with Gasteiger partial charge in [0, 0.05) is 6.07 Å². The Labute approximate surface area is 143 Å². The van der Waals surface area contributed by atoms with Crippen molar-refractivity contribution in [2.45, 2.75) is 39.5 Å². The van der Waals surface area contributed by atoms with Crippen LogP contribution in [0.5, 0.6) is 0 Å². The molecule has 0 spiro atoms. The maximum Gasteiger partial charge on any atom is 0.239 e. The van der Waals surface area contributed by atoms with Crippen molar-refractivity contribution < 1.29 is 4.79 Å². The second-order valence-electron chi connectivity index (χ2n) is 6.98. The summed E-state index contributed by atoms with van der Waals surface area (Å²) < 4.78 is 1.81. The summed E-state index contributed by atoms with van der Waals surface area (Å²) in [5.74, 6) is 1.77. The summed E-state index contributed by atoms with van der Waals surface area (Å²) in [7, 11) is 0. The molecule has 128 valence electrons. The van der Waals surface area contributed by atoms with E-state index in [2.05, 4.69) is 48.6 Å². The number of benzene rings is 1. The Bertz CT molecular complexity index is 699. The van der Waals surface area contributed by atoms with E-state index in [-0.39, 0.29) is 5.91 Å². The van der Waals surface area contributed by atoms with Crippen molar-refractivity contribution in [2.75, 3.05) is 18.4 Å². The maximum atomic E-state index is 12.2. The highest BCUT2D eigenvalue weighted by Gasteiger charge is 2.21. The van der Waals surface area contributed by atoms with Gasteiger partial charge in [-0.1, -0.05) is 31.5 Å². The predicted molar refractivity (Wildman–Crippen MR) is 96.6 cm³/mol. The molecule has 2 aromatic rings. The van der Waals surface area contributed by atoms with E-state index >= 15 is 0 Å². The number of nitrogens with zero attached hydrogens (tertiary/aromatic N) is 2. The summed E-state index contributed by atoms with van der Waals surface area (Å²) >= 11 is 0. The van der Waals surface area contributed by atoms with Crippen molar-refractivity contribution in [2.24, 2.45) is 5.92 Å². The molecule has 24 heavy (non-hydrogen) atoms. The lowest BCUT2D eigenvalue weighted by atomic mass is 10.1. The van der Waals surface area contributed by atoms with Gasteiger partial charge in [0.05, 0.1) is 17.9 Å². The molecule has 0 saturated heterocycles. The minimum atomic E-state index is -0.0285. The Morgan fingerprint density at radius 3 is 2.62 bits per heavy atom. The van der Waals surface area contributed by atoms with E-state index in [1.165, 1.54) is 18.4 Å². The lowest BCUT2D eigenvalue weighted by Crippen LogP contribution is -2.30. The minimum Gasteiger partial charge on any atom is -0.309 e. The molecule has 3 rings (SSSR count). The smallest absolute Gasteiger partial charge is 0.239 e. The van der Waals surface area contributed by atoms with Crippen molar-refractivity contribution in [1.29, 1.82) is 0 Å². The lowest BCUT2D eigenvalue weighted by molar-refractivity contribution is -0.115. The summed E-state index contributed by atoms with van der Waals surface area (Å²) in [5, 5.41) is 10.9. The molecule has 0 aliphatic heterocycles. The maximum absolute atomic E-state index is 12.2. The third-order valence-corrected chi connectivity index (χ3v) is 4.28. The van der Waals surface area contributed by atoms with Crippen LogP contribution in [0.4, 0.5) is 5.82 Å². The first kappa shape index (κ1) is 16.7. The second kappa shape index (κ2) is 7.18. The first-order valence-electron chi connectivity index (χ1n) is 8.70. The molecule has 1 fully saturated rings. The van der Waals surface area contributed by atoms with E-state index < -0.39 is 0 Å². The van der Waals surface area contributed by atoms with Crippen LogP contribution >= 0.6 is 0 Å². The van der Waals surface area contributed by atoms with Gasteiger partial charge in [-0.15, -0.1) is 0 Å². The Morgan fingerprint density at radius 1 is 1.29 bits per heavy atom. The summed E-state index contributed by atoms with van der Waals surface area (Å²) in [5.41, 5.74) is 3.12. The van der Waals surface area contributed by atoms with Gasteiger partial charge in [-0.3, -0.25) is 4.79 Å². The zero-order chi connectivity index (χ0) is 17.1. The van der Waals surface area contributed by atoms with E-state index in [4.69, 9.17) is 0 Å². The minimum absolute atomic E-state index is 0.0285. The van der Waals surface area contributed by atoms with Crippen LogP contribution in [-0.2, 0) is 4.79 Å². The highest BCUT2D eigenvalue weighted by molar-refractivity contribution is 5.91. The van der Waals surface area contributed by atoms with E-state index in [1.807, 2.05) is 22.9 Å². The quantitative estimate of drug-likeness (QED) is 0.821. The molecule has 2 N–H and O–H groups in total. The van der Waals surface area contributed by atoms with Gasteiger partial charge in [0.25, 0.3) is 0 Å². The van der Waals surface area contributed by atoms with Gasteiger partial charge in [-0.2, -0.15) is 5.10 Å². The van der Waals surface area contributed by atoms with E-state index in [0.29, 0.717) is 12.5 Å². The SMILES string of the molecule is Cc1ccc(-n2nc(C(C)C)cc2NC(=O)CNCC2CC2)cc1. The van der Waals surface area contributed by atoms with Gasteiger partial charge in [0.1, 0.15) is 5.82 Å². The van der Waals surface area contributed by atoms with E-state index in [0.717, 1.165) is 29.7 Å². The van der Waals surface area contributed by atoms with Gasteiger partial charge in [0.2, 0.25) is 5.91 Å². The van der Waals surface area contributed by atoms with Crippen molar-refractivity contribution in [1.82, 2.24) is 15.1 Å². The number of carbonyl (C=O) groups is 1. The van der Waals surface area contributed by atoms with Crippen LogP contribution in [0, 0.1) is 12.8 Å². The van der Waals surface area contributed by atoms with Crippen molar-refractivity contribution in [3.8, 4) is 5.69 Å². The average Bonchev–Trinajstić information content (AvgIpc) is 3.27. The number of hydrogen-bond acceptors (Lipinski definition) is 3. The lowest BCUT2D eigenvalue weighted by Gasteiger charge is -2.09. The molecule has 0 radical (unpaired) electrons. The first-order valence-corrected chi connectivity index (χ1v) is 8.70.